The number of para-hydroxylation sites is 3. The smallest absolute Gasteiger partial charge is 0.264 e. The third-order valence-electron chi connectivity index (χ3n) is 6.04. The molecule has 4 aromatic carbocycles. The Bertz CT molecular complexity index is 1570. The van der Waals surface area contributed by atoms with Gasteiger partial charge < -0.3 is 14.8 Å². The Morgan fingerprint density at radius 2 is 1.56 bits per heavy atom. The minimum atomic E-state index is -4.07. The van der Waals surface area contributed by atoms with Crippen molar-refractivity contribution in [1.82, 2.24) is 0 Å². The number of carbonyl (C=O) groups excluding carboxylic acids is 1. The van der Waals surface area contributed by atoms with E-state index < -0.39 is 22.5 Å². The molecule has 0 saturated heterocycles. The zero-order valence-electron chi connectivity index (χ0n) is 21.8. The second-order valence-electron chi connectivity index (χ2n) is 8.75. The number of amides is 1. The molecule has 0 saturated carbocycles. The highest BCUT2D eigenvalue weighted by Gasteiger charge is 2.29. The van der Waals surface area contributed by atoms with Gasteiger partial charge in [-0.3, -0.25) is 9.10 Å². The molecule has 9 heteroatoms. The van der Waals surface area contributed by atoms with Crippen LogP contribution in [0.25, 0.3) is 0 Å². The van der Waals surface area contributed by atoms with Crippen molar-refractivity contribution >= 4 is 38.9 Å². The number of sulfonamides is 1. The number of anilines is 2. The van der Waals surface area contributed by atoms with E-state index in [1.54, 1.807) is 72.8 Å². The van der Waals surface area contributed by atoms with E-state index in [1.165, 1.54) is 7.11 Å². The van der Waals surface area contributed by atoms with Gasteiger partial charge in [0.15, 0.2) is 17.2 Å². The predicted molar refractivity (Wildman–Crippen MR) is 155 cm³/mol. The molecule has 39 heavy (non-hydrogen) atoms. The van der Waals surface area contributed by atoms with Crippen LogP contribution in [0.2, 0.25) is 5.02 Å². The SMILES string of the molecule is CCc1ccccc1N(CC(=O)Nc1cc(Cl)ccc1Oc1ccccc1OC)S(=O)(=O)c1ccc(C)cc1. The molecule has 0 spiro atoms. The molecule has 0 aliphatic heterocycles. The fourth-order valence-corrected chi connectivity index (χ4v) is 5.65. The van der Waals surface area contributed by atoms with Crippen molar-refractivity contribution in [2.75, 3.05) is 23.3 Å². The van der Waals surface area contributed by atoms with E-state index in [9.17, 15) is 13.2 Å². The van der Waals surface area contributed by atoms with Gasteiger partial charge in [0, 0.05) is 5.02 Å². The van der Waals surface area contributed by atoms with Gasteiger partial charge in [-0.15, -0.1) is 0 Å². The van der Waals surface area contributed by atoms with Crippen molar-refractivity contribution in [3.63, 3.8) is 0 Å². The van der Waals surface area contributed by atoms with Crippen LogP contribution >= 0.6 is 11.6 Å². The van der Waals surface area contributed by atoms with Gasteiger partial charge in [-0.05, 0) is 67.4 Å². The van der Waals surface area contributed by atoms with Crippen molar-refractivity contribution in [2.45, 2.75) is 25.2 Å². The largest absolute Gasteiger partial charge is 0.493 e. The number of ether oxygens (including phenoxy) is 2. The van der Waals surface area contributed by atoms with Gasteiger partial charge in [0.05, 0.1) is 23.4 Å². The maximum Gasteiger partial charge on any atom is 0.264 e. The number of carbonyl (C=O) groups is 1. The van der Waals surface area contributed by atoms with E-state index in [1.807, 2.05) is 32.0 Å². The van der Waals surface area contributed by atoms with Gasteiger partial charge >= 0.3 is 0 Å². The summed E-state index contributed by atoms with van der Waals surface area (Å²) in [6.07, 6.45) is 0.586. The predicted octanol–water partition coefficient (Wildman–Crippen LogP) is 6.85. The third-order valence-corrected chi connectivity index (χ3v) is 8.05. The average molecular weight is 565 g/mol. The Balaban J connectivity index is 1.68. The fourth-order valence-electron chi connectivity index (χ4n) is 4.02. The van der Waals surface area contributed by atoms with Gasteiger partial charge in [-0.2, -0.15) is 0 Å². The average Bonchev–Trinajstić information content (AvgIpc) is 2.93. The number of halogens is 1. The molecule has 0 atom stereocenters. The van der Waals surface area contributed by atoms with Gasteiger partial charge in [-0.25, -0.2) is 8.42 Å². The van der Waals surface area contributed by atoms with E-state index in [0.717, 1.165) is 15.4 Å². The third kappa shape index (κ3) is 6.53. The molecule has 0 unspecified atom stereocenters. The summed E-state index contributed by atoms with van der Waals surface area (Å²) in [5.41, 5.74) is 2.45. The normalized spacial score (nSPS) is 11.1. The van der Waals surface area contributed by atoms with Crippen molar-refractivity contribution in [1.29, 1.82) is 0 Å². The van der Waals surface area contributed by atoms with Crippen LogP contribution in [0.5, 0.6) is 17.2 Å². The quantitative estimate of drug-likeness (QED) is 0.228. The van der Waals surface area contributed by atoms with E-state index in [4.69, 9.17) is 21.1 Å². The summed E-state index contributed by atoms with van der Waals surface area (Å²) in [7, 11) is -2.54. The first-order valence-electron chi connectivity index (χ1n) is 12.3. The molecule has 1 N–H and O–H groups in total. The first-order valence-corrected chi connectivity index (χ1v) is 14.1. The number of aryl methyl sites for hydroxylation is 2. The van der Waals surface area contributed by atoms with E-state index in [-0.39, 0.29) is 10.6 Å². The highest BCUT2D eigenvalue weighted by atomic mass is 35.5. The van der Waals surface area contributed by atoms with Crippen LogP contribution in [-0.2, 0) is 21.2 Å². The second kappa shape index (κ2) is 12.2. The topological polar surface area (TPSA) is 84.9 Å². The van der Waals surface area contributed by atoms with Crippen LogP contribution in [0, 0.1) is 6.92 Å². The summed E-state index contributed by atoms with van der Waals surface area (Å²) in [6, 6.07) is 25.6. The highest BCUT2D eigenvalue weighted by Crippen LogP contribution is 2.36. The minimum absolute atomic E-state index is 0.0924. The molecular formula is C30H29ClN2O5S. The zero-order chi connectivity index (χ0) is 28.0. The molecule has 0 heterocycles. The Kier molecular flexibility index (Phi) is 8.79. The Hall–Kier alpha value is -4.01. The molecule has 202 valence electrons. The lowest BCUT2D eigenvalue weighted by Gasteiger charge is -2.26. The van der Waals surface area contributed by atoms with Crippen LogP contribution in [-0.4, -0.2) is 28.0 Å². The maximum atomic E-state index is 13.8. The molecule has 0 fully saturated rings. The van der Waals surface area contributed by atoms with Crippen LogP contribution in [0.1, 0.15) is 18.1 Å². The van der Waals surface area contributed by atoms with Crippen LogP contribution < -0.4 is 19.1 Å². The number of hydrogen-bond acceptors (Lipinski definition) is 5. The number of benzene rings is 4. The second-order valence-corrected chi connectivity index (χ2v) is 11.0. The van der Waals surface area contributed by atoms with Crippen molar-refractivity contribution in [2.24, 2.45) is 0 Å². The molecule has 0 aliphatic rings. The maximum absolute atomic E-state index is 13.8. The molecular weight excluding hydrogens is 536 g/mol. The summed E-state index contributed by atoms with van der Waals surface area (Å²) >= 11 is 6.23. The first kappa shape index (κ1) is 28.0. The lowest BCUT2D eigenvalue weighted by molar-refractivity contribution is -0.114. The summed E-state index contributed by atoms with van der Waals surface area (Å²) in [5, 5.41) is 3.16. The number of rotatable bonds is 10. The molecule has 4 rings (SSSR count). The van der Waals surface area contributed by atoms with Crippen LogP contribution in [0.3, 0.4) is 0 Å². The van der Waals surface area contributed by atoms with Gasteiger partial charge in [0.2, 0.25) is 5.91 Å². The molecule has 7 nitrogen and oxygen atoms in total. The molecule has 0 aromatic heterocycles. The lowest BCUT2D eigenvalue weighted by Crippen LogP contribution is -2.38. The lowest BCUT2D eigenvalue weighted by atomic mass is 10.1. The molecule has 0 radical (unpaired) electrons. The molecule has 0 aliphatic carbocycles. The summed E-state index contributed by atoms with van der Waals surface area (Å²) in [6.45, 7) is 3.35. The van der Waals surface area contributed by atoms with Crippen molar-refractivity contribution in [3.05, 3.63) is 107 Å². The first-order chi connectivity index (χ1) is 18.7. The molecule has 4 aromatic rings. The van der Waals surface area contributed by atoms with Crippen LogP contribution in [0.15, 0.2) is 95.9 Å². The van der Waals surface area contributed by atoms with Gasteiger partial charge in [0.1, 0.15) is 6.54 Å². The Morgan fingerprint density at radius 3 is 2.26 bits per heavy atom. The minimum Gasteiger partial charge on any atom is -0.493 e. The standard InChI is InChI=1S/C30H29ClN2O5S/c1-4-22-9-5-6-10-26(22)33(39(35,36)24-16-13-21(2)14-17-24)20-30(34)32-25-19-23(31)15-18-27(25)38-29-12-8-7-11-28(29)37-3/h5-19H,4,20H2,1-3H3,(H,32,34). The highest BCUT2D eigenvalue weighted by molar-refractivity contribution is 7.92. The Labute approximate surface area is 234 Å². The monoisotopic (exact) mass is 564 g/mol. The summed E-state index contributed by atoms with van der Waals surface area (Å²) in [4.78, 5) is 13.5. The van der Waals surface area contributed by atoms with Crippen molar-refractivity contribution < 1.29 is 22.7 Å². The van der Waals surface area contributed by atoms with E-state index in [2.05, 4.69) is 5.32 Å². The number of methoxy groups -OCH3 is 1. The molecule has 0 bridgehead atoms. The molecule has 1 amide bonds. The number of hydrogen-bond donors (Lipinski definition) is 1. The number of nitrogens with one attached hydrogen (secondary N) is 1. The Morgan fingerprint density at radius 1 is 0.897 bits per heavy atom. The number of nitrogens with zero attached hydrogens (tertiary/aromatic N) is 1. The van der Waals surface area contributed by atoms with Crippen molar-refractivity contribution in [3.8, 4) is 17.2 Å². The van der Waals surface area contributed by atoms with E-state index in [0.29, 0.717) is 34.4 Å². The van der Waals surface area contributed by atoms with Gasteiger partial charge in [-0.1, -0.05) is 66.6 Å². The summed E-state index contributed by atoms with van der Waals surface area (Å²) < 4.78 is 40.2. The fraction of sp³-hybridized carbons (Fsp3) is 0.167. The van der Waals surface area contributed by atoms with Gasteiger partial charge in [0.25, 0.3) is 10.0 Å². The summed E-state index contributed by atoms with van der Waals surface area (Å²) in [5.74, 6) is 0.706. The van der Waals surface area contributed by atoms with Crippen LogP contribution in [0.4, 0.5) is 11.4 Å². The van der Waals surface area contributed by atoms with E-state index >= 15 is 0 Å². The zero-order valence-corrected chi connectivity index (χ0v) is 23.4.